The van der Waals surface area contributed by atoms with Crippen molar-refractivity contribution in [3.63, 3.8) is 0 Å². The molecule has 5 heteroatoms. The van der Waals surface area contributed by atoms with Crippen molar-refractivity contribution in [1.29, 1.82) is 0 Å². The van der Waals surface area contributed by atoms with Gasteiger partial charge in [-0.1, -0.05) is 146 Å². The summed E-state index contributed by atoms with van der Waals surface area (Å²) in [4.78, 5) is 9.98. The van der Waals surface area contributed by atoms with E-state index in [1.165, 1.54) is 0 Å². The Hall–Kier alpha value is -5.57. The van der Waals surface area contributed by atoms with Gasteiger partial charge in [0.2, 0.25) is 0 Å². The fourth-order valence-corrected chi connectivity index (χ4v) is 6.13. The third kappa shape index (κ3) is 5.58. The van der Waals surface area contributed by atoms with Crippen molar-refractivity contribution in [1.82, 2.24) is 9.97 Å². The summed E-state index contributed by atoms with van der Waals surface area (Å²) in [6, 6.07) is 51.8. The third-order valence-electron chi connectivity index (χ3n) is 8.54. The maximum absolute atomic E-state index is 11.4. The van der Waals surface area contributed by atoms with E-state index in [2.05, 4.69) is 36.4 Å². The fraction of sp³-hybridized carbons (Fsp3) is 0. The minimum Gasteiger partial charge on any atom is -0.802 e. The molecule has 0 fully saturated rings. The predicted octanol–water partition coefficient (Wildman–Crippen LogP) is 10.1. The van der Waals surface area contributed by atoms with Gasteiger partial charge in [0.15, 0.2) is 0 Å². The van der Waals surface area contributed by atoms with Crippen LogP contribution in [0.25, 0.3) is 65.7 Å². The molecule has 0 saturated carbocycles. The molecule has 0 bridgehead atoms. The quantitative estimate of drug-likeness (QED) is 0.125. The zero-order valence-corrected chi connectivity index (χ0v) is 27.4. The summed E-state index contributed by atoms with van der Waals surface area (Å²) in [6.07, 6.45) is 0. The first-order chi connectivity index (χ1) is 22.6. The number of aromatic nitrogens is 2. The number of hydrogen-bond acceptors (Lipinski definition) is 2. The predicted molar refractivity (Wildman–Crippen MR) is 191 cm³/mol. The van der Waals surface area contributed by atoms with Gasteiger partial charge < -0.3 is 10.8 Å². The van der Waals surface area contributed by atoms with E-state index in [4.69, 9.17) is 9.97 Å². The largest absolute Gasteiger partial charge is 2.00 e. The molecule has 0 aliphatic rings. The molecule has 0 unspecified atom stereocenters. The molecule has 8 rings (SSSR count). The van der Waals surface area contributed by atoms with E-state index in [9.17, 15) is 10.8 Å². The van der Waals surface area contributed by atoms with Gasteiger partial charge in [0, 0.05) is 22.2 Å². The second kappa shape index (κ2) is 12.7. The molecule has 0 aliphatic carbocycles. The number of benzene rings is 6. The monoisotopic (exact) mass is 781 g/mol. The van der Waals surface area contributed by atoms with Gasteiger partial charge in [0.25, 0.3) is 0 Å². The van der Waals surface area contributed by atoms with Crippen LogP contribution in [0, 0.1) is 0 Å². The Bertz CT molecular complexity index is 2250. The SMILES string of the molecule is [N-]=C(c1ccc(-c2ccccc2)cc1)c1ccc2c3ccccc3c3ccc(C(=[N-])c4ccc(-c5ccccc5)cc4)nc3c2n1.[Pt+2]. The van der Waals surface area contributed by atoms with Crippen LogP contribution in [0.1, 0.15) is 22.5 Å². The summed E-state index contributed by atoms with van der Waals surface area (Å²) in [6.45, 7) is 0. The Morgan fingerprint density at radius 2 is 0.681 bits per heavy atom. The van der Waals surface area contributed by atoms with Crippen molar-refractivity contribution >= 4 is 44.0 Å². The maximum Gasteiger partial charge on any atom is 2.00 e. The molecule has 224 valence electrons. The van der Waals surface area contributed by atoms with Crippen molar-refractivity contribution in [2.45, 2.75) is 0 Å². The second-order valence-corrected chi connectivity index (χ2v) is 11.3. The molecule has 8 aromatic rings. The van der Waals surface area contributed by atoms with E-state index < -0.39 is 0 Å². The first kappa shape index (κ1) is 30.1. The summed E-state index contributed by atoms with van der Waals surface area (Å²) < 4.78 is 0. The molecule has 0 saturated heterocycles. The molecule has 0 amide bonds. The van der Waals surface area contributed by atoms with E-state index in [1.54, 1.807) is 0 Å². The van der Waals surface area contributed by atoms with E-state index in [-0.39, 0.29) is 32.5 Å². The van der Waals surface area contributed by atoms with Gasteiger partial charge in [0.1, 0.15) is 0 Å². The average molecular weight is 782 g/mol. The van der Waals surface area contributed by atoms with Gasteiger partial charge in [0.05, 0.1) is 11.0 Å². The van der Waals surface area contributed by atoms with Crippen LogP contribution in [0.5, 0.6) is 0 Å². The van der Waals surface area contributed by atoms with E-state index in [0.717, 1.165) is 43.8 Å². The molecular formula is C42H26N4Pt. The van der Waals surface area contributed by atoms with Crippen LogP contribution in [0.15, 0.2) is 158 Å². The van der Waals surface area contributed by atoms with E-state index >= 15 is 0 Å². The molecule has 0 aliphatic heterocycles. The minimum absolute atomic E-state index is 0. The van der Waals surface area contributed by atoms with E-state index in [1.807, 2.05) is 121 Å². The average Bonchev–Trinajstić information content (AvgIpc) is 3.15. The Balaban J connectivity index is 0.00000351. The Labute approximate surface area is 287 Å². The van der Waals surface area contributed by atoms with Crippen molar-refractivity contribution < 1.29 is 21.1 Å². The number of rotatable bonds is 6. The fourth-order valence-electron chi connectivity index (χ4n) is 6.13. The summed E-state index contributed by atoms with van der Waals surface area (Å²) in [5.41, 5.74) is 8.13. The second-order valence-electron chi connectivity index (χ2n) is 11.3. The van der Waals surface area contributed by atoms with Crippen LogP contribution in [0.3, 0.4) is 0 Å². The molecule has 0 radical (unpaired) electrons. The maximum atomic E-state index is 11.4. The van der Waals surface area contributed by atoms with Crippen molar-refractivity contribution in [3.05, 3.63) is 191 Å². The molecule has 6 aromatic carbocycles. The van der Waals surface area contributed by atoms with Crippen LogP contribution in [-0.4, -0.2) is 21.4 Å². The smallest absolute Gasteiger partial charge is 0.802 e. The summed E-state index contributed by atoms with van der Waals surface area (Å²) in [5.74, 6) is 0. The van der Waals surface area contributed by atoms with Gasteiger partial charge in [-0.2, -0.15) is 0 Å². The Morgan fingerprint density at radius 1 is 0.340 bits per heavy atom. The van der Waals surface area contributed by atoms with Gasteiger partial charge in [-0.25, -0.2) is 9.97 Å². The van der Waals surface area contributed by atoms with Crippen LogP contribution < -0.4 is 0 Å². The van der Waals surface area contributed by atoms with E-state index in [0.29, 0.717) is 33.5 Å². The van der Waals surface area contributed by atoms with Crippen LogP contribution in [0.2, 0.25) is 0 Å². The normalized spacial score (nSPS) is 11.0. The van der Waals surface area contributed by atoms with Crippen LogP contribution in [-0.2, 0) is 21.1 Å². The molecule has 2 heterocycles. The first-order valence-electron chi connectivity index (χ1n) is 15.2. The molecule has 0 atom stereocenters. The van der Waals surface area contributed by atoms with Crippen LogP contribution >= 0.6 is 0 Å². The van der Waals surface area contributed by atoms with Gasteiger partial charge >= 0.3 is 21.1 Å². The molecule has 47 heavy (non-hydrogen) atoms. The molecule has 0 N–H and O–H groups in total. The first-order valence-corrected chi connectivity index (χ1v) is 15.2. The summed E-state index contributed by atoms with van der Waals surface area (Å²) in [7, 11) is 0. The standard InChI is InChI=1S/C42H26N4.Pt/c43-39(31-19-15-29(16-20-31)27-9-3-1-4-10-27)37-25-23-35-33-13-7-8-14-34(33)36-24-26-38(46-42(36)41(35)45-37)40(44)32-21-17-30(18-22-32)28-11-5-2-6-12-28;/h1-26H;/q-2;+2. The molecule has 0 spiro atoms. The van der Waals surface area contributed by atoms with Crippen LogP contribution in [0.4, 0.5) is 0 Å². The summed E-state index contributed by atoms with van der Waals surface area (Å²) in [5, 5.41) is 26.7. The molecule has 4 nitrogen and oxygen atoms in total. The molecular weight excluding hydrogens is 756 g/mol. The van der Waals surface area contributed by atoms with Gasteiger partial charge in [-0.3, -0.25) is 0 Å². The zero-order chi connectivity index (χ0) is 31.0. The third-order valence-corrected chi connectivity index (χ3v) is 8.54. The van der Waals surface area contributed by atoms with Crippen molar-refractivity contribution in [2.75, 3.05) is 0 Å². The number of hydrogen-bond donors (Lipinski definition) is 0. The van der Waals surface area contributed by atoms with Gasteiger partial charge in [-0.15, -0.1) is 11.4 Å². The zero-order valence-electron chi connectivity index (χ0n) is 25.1. The number of nitrogens with zero attached hydrogens (tertiary/aromatic N) is 4. The molecule has 2 aromatic heterocycles. The Kier molecular flexibility index (Phi) is 8.12. The van der Waals surface area contributed by atoms with Crippen molar-refractivity contribution in [2.24, 2.45) is 0 Å². The number of fused-ring (bicyclic) bond motifs is 6. The summed E-state index contributed by atoms with van der Waals surface area (Å²) >= 11 is 0. The van der Waals surface area contributed by atoms with Gasteiger partial charge in [-0.05, 0) is 56.3 Å². The Morgan fingerprint density at radius 3 is 1.06 bits per heavy atom. The topological polar surface area (TPSA) is 70.4 Å². The van der Waals surface area contributed by atoms with Crippen molar-refractivity contribution in [3.8, 4) is 22.3 Å². The minimum atomic E-state index is 0. The number of pyridine rings is 2.